The highest BCUT2D eigenvalue weighted by molar-refractivity contribution is 5.12. The summed E-state index contributed by atoms with van der Waals surface area (Å²) in [5.41, 5.74) is 5.74. The first-order chi connectivity index (χ1) is 8.33. The summed E-state index contributed by atoms with van der Waals surface area (Å²) in [5.74, 6) is 2.14. The summed E-state index contributed by atoms with van der Waals surface area (Å²) in [7, 11) is 1.56. The first-order valence-corrected chi connectivity index (χ1v) is 6.02. The van der Waals surface area contributed by atoms with Crippen molar-refractivity contribution in [3.63, 3.8) is 0 Å². The van der Waals surface area contributed by atoms with Crippen LogP contribution in [0.4, 0.5) is 0 Å². The molecule has 1 aromatic heterocycles. The Balaban J connectivity index is 1.88. The summed E-state index contributed by atoms with van der Waals surface area (Å²) >= 11 is 0. The van der Waals surface area contributed by atoms with Gasteiger partial charge in [0.1, 0.15) is 0 Å². The van der Waals surface area contributed by atoms with Crippen molar-refractivity contribution in [2.75, 3.05) is 20.3 Å². The van der Waals surface area contributed by atoms with Crippen LogP contribution in [0.15, 0.2) is 12.4 Å². The molecule has 2 unspecified atom stereocenters. The molecular weight excluding hydrogens is 218 g/mol. The minimum atomic E-state index is 0.476. The van der Waals surface area contributed by atoms with Crippen molar-refractivity contribution in [1.29, 1.82) is 0 Å². The highest BCUT2D eigenvalue weighted by atomic mass is 16.5. The van der Waals surface area contributed by atoms with Crippen molar-refractivity contribution in [2.24, 2.45) is 17.6 Å². The number of methoxy groups -OCH3 is 1. The maximum atomic E-state index is 5.74. The minimum absolute atomic E-state index is 0.476. The molecule has 0 spiro atoms. The minimum Gasteiger partial charge on any atom is -0.480 e. The van der Waals surface area contributed by atoms with E-state index in [4.69, 9.17) is 15.2 Å². The predicted octanol–water partition coefficient (Wildman–Crippen LogP) is 1.24. The van der Waals surface area contributed by atoms with Crippen LogP contribution in [0.25, 0.3) is 0 Å². The van der Waals surface area contributed by atoms with Crippen molar-refractivity contribution in [1.82, 2.24) is 9.97 Å². The average Bonchev–Trinajstić information content (AvgIpc) is 2.84. The van der Waals surface area contributed by atoms with Gasteiger partial charge in [-0.1, -0.05) is 6.42 Å². The lowest BCUT2D eigenvalue weighted by atomic mass is 9.97. The Bertz CT molecular complexity index is 359. The number of ether oxygens (including phenoxy) is 2. The zero-order valence-corrected chi connectivity index (χ0v) is 10.1. The molecule has 1 fully saturated rings. The Hall–Kier alpha value is -1.36. The topological polar surface area (TPSA) is 70.3 Å². The van der Waals surface area contributed by atoms with Gasteiger partial charge in [-0.2, -0.15) is 4.98 Å². The fourth-order valence-corrected chi connectivity index (χ4v) is 2.33. The smallest absolute Gasteiger partial charge is 0.235 e. The molecule has 94 valence electrons. The normalized spacial score (nSPS) is 23.6. The molecule has 0 saturated heterocycles. The molecule has 0 aromatic carbocycles. The average molecular weight is 237 g/mol. The third-order valence-electron chi connectivity index (χ3n) is 3.36. The Morgan fingerprint density at radius 1 is 1.29 bits per heavy atom. The van der Waals surface area contributed by atoms with Crippen molar-refractivity contribution in [3.05, 3.63) is 12.4 Å². The number of aromatic nitrogens is 2. The molecule has 5 heteroatoms. The van der Waals surface area contributed by atoms with Crippen LogP contribution in [0.2, 0.25) is 0 Å². The van der Waals surface area contributed by atoms with Crippen LogP contribution in [-0.4, -0.2) is 30.2 Å². The second-order valence-corrected chi connectivity index (χ2v) is 4.40. The number of hydrogen-bond acceptors (Lipinski definition) is 5. The summed E-state index contributed by atoms with van der Waals surface area (Å²) in [6, 6.07) is 0. The number of rotatable bonds is 5. The van der Waals surface area contributed by atoms with Crippen LogP contribution in [0.1, 0.15) is 19.3 Å². The van der Waals surface area contributed by atoms with E-state index < -0.39 is 0 Å². The van der Waals surface area contributed by atoms with Gasteiger partial charge in [0.05, 0.1) is 26.1 Å². The first kappa shape index (κ1) is 12.1. The third kappa shape index (κ3) is 3.06. The van der Waals surface area contributed by atoms with E-state index in [1.807, 2.05) is 0 Å². The molecule has 0 radical (unpaired) electrons. The van der Waals surface area contributed by atoms with Gasteiger partial charge in [0.2, 0.25) is 11.8 Å². The van der Waals surface area contributed by atoms with E-state index in [0.29, 0.717) is 30.2 Å². The van der Waals surface area contributed by atoms with Gasteiger partial charge >= 0.3 is 0 Å². The van der Waals surface area contributed by atoms with Gasteiger partial charge in [-0.3, -0.25) is 4.98 Å². The molecule has 1 aliphatic carbocycles. The molecule has 17 heavy (non-hydrogen) atoms. The van der Waals surface area contributed by atoms with Gasteiger partial charge in [-0.15, -0.1) is 0 Å². The lowest BCUT2D eigenvalue weighted by molar-refractivity contribution is 0.207. The number of nitrogens with zero attached hydrogens (tertiary/aromatic N) is 2. The van der Waals surface area contributed by atoms with E-state index in [0.717, 1.165) is 6.54 Å². The molecule has 1 aliphatic rings. The van der Waals surface area contributed by atoms with E-state index in [1.165, 1.54) is 19.3 Å². The Kier molecular flexibility index (Phi) is 4.14. The van der Waals surface area contributed by atoms with Crippen LogP contribution in [0, 0.1) is 11.8 Å². The molecule has 0 aliphatic heterocycles. The number of hydrogen-bond donors (Lipinski definition) is 1. The second-order valence-electron chi connectivity index (χ2n) is 4.40. The molecule has 5 nitrogen and oxygen atoms in total. The lowest BCUT2D eigenvalue weighted by Gasteiger charge is -2.17. The zero-order chi connectivity index (χ0) is 12.1. The summed E-state index contributed by atoms with van der Waals surface area (Å²) in [6.45, 7) is 1.42. The van der Waals surface area contributed by atoms with E-state index in [2.05, 4.69) is 9.97 Å². The highest BCUT2D eigenvalue weighted by Crippen LogP contribution is 2.31. The molecule has 1 aromatic rings. The van der Waals surface area contributed by atoms with Crippen molar-refractivity contribution >= 4 is 0 Å². The van der Waals surface area contributed by atoms with Crippen LogP contribution >= 0.6 is 0 Å². The van der Waals surface area contributed by atoms with Crippen LogP contribution in [-0.2, 0) is 0 Å². The summed E-state index contributed by atoms with van der Waals surface area (Å²) in [4.78, 5) is 8.17. The standard InChI is InChI=1S/C12H19N3O2/c1-16-11-6-14-7-12(15-11)17-8-10-4-2-3-9(10)5-13/h6-7,9-10H,2-5,8,13H2,1H3. The van der Waals surface area contributed by atoms with Crippen molar-refractivity contribution in [3.8, 4) is 11.8 Å². The van der Waals surface area contributed by atoms with Crippen molar-refractivity contribution < 1.29 is 9.47 Å². The second kappa shape index (κ2) is 5.82. The summed E-state index contributed by atoms with van der Waals surface area (Å²) in [5, 5.41) is 0. The maximum Gasteiger partial charge on any atom is 0.235 e. The van der Waals surface area contributed by atoms with E-state index >= 15 is 0 Å². The van der Waals surface area contributed by atoms with Crippen molar-refractivity contribution in [2.45, 2.75) is 19.3 Å². The summed E-state index contributed by atoms with van der Waals surface area (Å²) < 4.78 is 10.7. The largest absolute Gasteiger partial charge is 0.480 e. The molecule has 2 rings (SSSR count). The summed E-state index contributed by atoms with van der Waals surface area (Å²) in [6.07, 6.45) is 6.83. The van der Waals surface area contributed by atoms with Crippen LogP contribution in [0.3, 0.4) is 0 Å². The molecular formula is C12H19N3O2. The SMILES string of the molecule is COc1cncc(OCC2CCCC2CN)n1. The van der Waals surface area contributed by atoms with Crippen LogP contribution in [0.5, 0.6) is 11.8 Å². The molecule has 0 amide bonds. The molecule has 1 saturated carbocycles. The number of nitrogens with two attached hydrogens (primary N) is 1. The van der Waals surface area contributed by atoms with Gasteiger partial charge in [-0.25, -0.2) is 0 Å². The fraction of sp³-hybridized carbons (Fsp3) is 0.667. The van der Waals surface area contributed by atoms with E-state index in [-0.39, 0.29) is 0 Å². The van der Waals surface area contributed by atoms with Gasteiger partial charge < -0.3 is 15.2 Å². The Labute approximate surface area is 101 Å². The van der Waals surface area contributed by atoms with Crippen LogP contribution < -0.4 is 15.2 Å². The Morgan fingerprint density at radius 2 is 2.06 bits per heavy atom. The molecule has 2 atom stereocenters. The first-order valence-electron chi connectivity index (χ1n) is 6.02. The van der Waals surface area contributed by atoms with Gasteiger partial charge in [0.15, 0.2) is 0 Å². The lowest BCUT2D eigenvalue weighted by Crippen LogP contribution is -2.23. The zero-order valence-electron chi connectivity index (χ0n) is 10.1. The van der Waals surface area contributed by atoms with Gasteiger partial charge in [0, 0.05) is 0 Å². The van der Waals surface area contributed by atoms with E-state index in [9.17, 15) is 0 Å². The highest BCUT2D eigenvalue weighted by Gasteiger charge is 2.26. The monoisotopic (exact) mass is 237 g/mol. The fourth-order valence-electron chi connectivity index (χ4n) is 2.33. The molecule has 1 heterocycles. The predicted molar refractivity (Wildman–Crippen MR) is 64.0 cm³/mol. The third-order valence-corrected chi connectivity index (χ3v) is 3.36. The van der Waals surface area contributed by atoms with E-state index in [1.54, 1.807) is 19.5 Å². The van der Waals surface area contributed by atoms with Gasteiger partial charge in [0.25, 0.3) is 0 Å². The quantitative estimate of drug-likeness (QED) is 0.834. The maximum absolute atomic E-state index is 5.74. The Morgan fingerprint density at radius 3 is 2.82 bits per heavy atom. The molecule has 2 N–H and O–H groups in total. The van der Waals surface area contributed by atoms with Gasteiger partial charge in [-0.05, 0) is 31.2 Å². The molecule has 0 bridgehead atoms.